The number of anilines is 2. The smallest absolute Gasteiger partial charge is 0.335 e. The highest BCUT2D eigenvalue weighted by atomic mass is 35.5. The van der Waals surface area contributed by atoms with Crippen molar-refractivity contribution in [2.24, 2.45) is 0 Å². The lowest BCUT2D eigenvalue weighted by atomic mass is 10.1. The van der Waals surface area contributed by atoms with Crippen LogP contribution in [0.3, 0.4) is 0 Å². The Kier molecular flexibility index (Phi) is 4.45. The van der Waals surface area contributed by atoms with E-state index in [2.05, 4.69) is 10.2 Å². The van der Waals surface area contributed by atoms with Crippen LogP contribution in [0.1, 0.15) is 18.6 Å². The number of halogens is 1. The van der Waals surface area contributed by atoms with Crippen LogP contribution in [0, 0.1) is 0 Å². The van der Waals surface area contributed by atoms with E-state index in [1.54, 1.807) is 18.2 Å². The van der Waals surface area contributed by atoms with E-state index in [4.69, 9.17) is 16.0 Å². The first-order chi connectivity index (χ1) is 13.0. The van der Waals surface area contributed by atoms with E-state index in [1.807, 2.05) is 6.07 Å². The lowest BCUT2D eigenvalue weighted by Crippen LogP contribution is -2.54. The fourth-order valence-electron chi connectivity index (χ4n) is 3.15. The molecule has 0 radical (unpaired) electrons. The molecule has 8 heteroatoms. The lowest BCUT2D eigenvalue weighted by molar-refractivity contribution is -0.122. The van der Waals surface area contributed by atoms with Crippen LogP contribution in [-0.4, -0.2) is 30.9 Å². The predicted octanol–water partition coefficient (Wildman–Crippen LogP) is 3.20. The number of barbiturate groups is 1. The Hall–Kier alpha value is -3.06. The van der Waals surface area contributed by atoms with Gasteiger partial charge in [0, 0.05) is 24.2 Å². The van der Waals surface area contributed by atoms with Crippen LogP contribution in [0.15, 0.2) is 46.4 Å². The van der Waals surface area contributed by atoms with Crippen LogP contribution in [0.25, 0.3) is 6.08 Å². The molecule has 1 aromatic carbocycles. The van der Waals surface area contributed by atoms with Crippen LogP contribution in [0.4, 0.5) is 16.4 Å². The number of urea groups is 1. The molecule has 3 heterocycles. The van der Waals surface area contributed by atoms with Crippen LogP contribution >= 0.6 is 11.6 Å². The molecular formula is C19H16ClN3O4. The maximum atomic E-state index is 12.8. The molecule has 0 spiro atoms. The van der Waals surface area contributed by atoms with Crippen LogP contribution in [-0.2, 0) is 9.59 Å². The number of hydrogen-bond donors (Lipinski definition) is 1. The second-order valence-electron chi connectivity index (χ2n) is 6.30. The zero-order valence-corrected chi connectivity index (χ0v) is 15.0. The third kappa shape index (κ3) is 3.33. The van der Waals surface area contributed by atoms with E-state index in [1.165, 1.54) is 18.2 Å². The first-order valence-electron chi connectivity index (χ1n) is 8.55. The van der Waals surface area contributed by atoms with Crippen molar-refractivity contribution in [2.75, 3.05) is 22.9 Å². The van der Waals surface area contributed by atoms with Crippen molar-refractivity contribution in [1.29, 1.82) is 0 Å². The van der Waals surface area contributed by atoms with Gasteiger partial charge in [-0.15, -0.1) is 0 Å². The summed E-state index contributed by atoms with van der Waals surface area (Å²) >= 11 is 5.85. The van der Waals surface area contributed by atoms with Gasteiger partial charge < -0.3 is 9.32 Å². The van der Waals surface area contributed by atoms with E-state index in [-0.39, 0.29) is 5.57 Å². The molecular weight excluding hydrogens is 370 g/mol. The largest absolute Gasteiger partial charge is 0.441 e. The summed E-state index contributed by atoms with van der Waals surface area (Å²) in [6.07, 6.45) is 3.57. The Morgan fingerprint density at radius 3 is 2.41 bits per heavy atom. The molecule has 27 heavy (non-hydrogen) atoms. The molecule has 7 nitrogen and oxygen atoms in total. The van der Waals surface area contributed by atoms with Gasteiger partial charge in [-0.1, -0.05) is 11.6 Å². The number of rotatable bonds is 3. The SMILES string of the molecule is O=C1NC(=O)N(c2ccc(Cl)cc2)C(=O)/C1=C/c1ccc(N2CCCC2)o1. The lowest BCUT2D eigenvalue weighted by Gasteiger charge is -2.26. The average Bonchev–Trinajstić information content (AvgIpc) is 3.31. The highest BCUT2D eigenvalue weighted by Crippen LogP contribution is 2.26. The summed E-state index contributed by atoms with van der Waals surface area (Å²) in [6, 6.07) is 8.90. The zero-order valence-electron chi connectivity index (χ0n) is 14.3. The molecule has 2 aliphatic rings. The number of hydrogen-bond acceptors (Lipinski definition) is 5. The maximum absolute atomic E-state index is 12.8. The van der Waals surface area contributed by atoms with Gasteiger partial charge in [-0.25, -0.2) is 9.69 Å². The molecule has 2 fully saturated rings. The van der Waals surface area contributed by atoms with E-state index in [0.717, 1.165) is 30.8 Å². The summed E-state index contributed by atoms with van der Waals surface area (Å²) in [4.78, 5) is 40.1. The van der Waals surface area contributed by atoms with Gasteiger partial charge in [0.25, 0.3) is 11.8 Å². The summed E-state index contributed by atoms with van der Waals surface area (Å²) in [5, 5.41) is 2.65. The van der Waals surface area contributed by atoms with E-state index in [0.29, 0.717) is 22.4 Å². The maximum Gasteiger partial charge on any atom is 0.335 e. The van der Waals surface area contributed by atoms with Gasteiger partial charge >= 0.3 is 6.03 Å². The van der Waals surface area contributed by atoms with E-state index >= 15 is 0 Å². The minimum Gasteiger partial charge on any atom is -0.441 e. The highest BCUT2D eigenvalue weighted by molar-refractivity contribution is 6.39. The monoisotopic (exact) mass is 385 g/mol. The summed E-state index contributed by atoms with van der Waals surface area (Å²) in [6.45, 7) is 1.84. The van der Waals surface area contributed by atoms with Crippen LogP contribution in [0.2, 0.25) is 5.02 Å². The second-order valence-corrected chi connectivity index (χ2v) is 6.74. The molecule has 0 unspecified atom stereocenters. The van der Waals surface area contributed by atoms with Gasteiger partial charge in [0.2, 0.25) is 0 Å². The number of furan rings is 1. The van der Waals surface area contributed by atoms with Crippen LogP contribution < -0.4 is 15.1 Å². The van der Waals surface area contributed by atoms with Crippen molar-refractivity contribution in [3.63, 3.8) is 0 Å². The minimum absolute atomic E-state index is 0.174. The molecule has 138 valence electrons. The molecule has 1 aromatic heterocycles. The quantitative estimate of drug-likeness (QED) is 0.648. The number of amides is 4. The normalized spacial score (nSPS) is 19.1. The first-order valence-corrected chi connectivity index (χ1v) is 8.92. The number of nitrogens with zero attached hydrogens (tertiary/aromatic N) is 2. The number of carbonyl (C=O) groups is 3. The number of nitrogens with one attached hydrogen (secondary N) is 1. The topological polar surface area (TPSA) is 82.9 Å². The molecule has 2 aromatic rings. The van der Waals surface area contributed by atoms with Crippen molar-refractivity contribution in [1.82, 2.24) is 5.32 Å². The van der Waals surface area contributed by atoms with Crippen molar-refractivity contribution >= 4 is 47.1 Å². The Morgan fingerprint density at radius 1 is 1.00 bits per heavy atom. The second kappa shape index (κ2) is 6.92. The van der Waals surface area contributed by atoms with Gasteiger partial charge in [0.1, 0.15) is 11.3 Å². The third-order valence-corrected chi connectivity index (χ3v) is 4.76. The molecule has 0 aliphatic carbocycles. The first kappa shape index (κ1) is 17.4. The standard InChI is InChI=1S/C19H16ClN3O4/c20-12-3-5-13(6-4-12)23-18(25)15(17(24)21-19(23)26)11-14-7-8-16(27-14)22-9-1-2-10-22/h3-8,11H,1-2,9-10H2,(H,21,24,26)/b15-11+. The number of imide groups is 2. The summed E-state index contributed by atoms with van der Waals surface area (Å²) in [7, 11) is 0. The summed E-state index contributed by atoms with van der Waals surface area (Å²) in [5.41, 5.74) is 0.143. The Balaban J connectivity index is 1.64. The summed E-state index contributed by atoms with van der Waals surface area (Å²) in [5.74, 6) is -0.394. The number of carbonyl (C=O) groups excluding carboxylic acids is 3. The molecule has 4 rings (SSSR count). The Morgan fingerprint density at radius 2 is 1.70 bits per heavy atom. The van der Waals surface area contributed by atoms with Gasteiger partial charge in [0.05, 0.1) is 5.69 Å². The van der Waals surface area contributed by atoms with Crippen LogP contribution in [0.5, 0.6) is 0 Å². The highest BCUT2D eigenvalue weighted by Gasteiger charge is 2.37. The van der Waals surface area contributed by atoms with E-state index < -0.39 is 17.8 Å². The molecule has 2 saturated heterocycles. The average molecular weight is 386 g/mol. The number of benzene rings is 1. The summed E-state index contributed by atoms with van der Waals surface area (Å²) < 4.78 is 5.75. The molecule has 4 amide bonds. The fourth-order valence-corrected chi connectivity index (χ4v) is 3.28. The third-order valence-electron chi connectivity index (χ3n) is 4.50. The van der Waals surface area contributed by atoms with Crippen molar-refractivity contribution in [3.8, 4) is 0 Å². The Labute approximate surface area is 160 Å². The zero-order chi connectivity index (χ0) is 19.0. The minimum atomic E-state index is -0.804. The van der Waals surface area contributed by atoms with Crippen molar-refractivity contribution < 1.29 is 18.8 Å². The molecule has 2 aliphatic heterocycles. The molecule has 0 atom stereocenters. The molecule has 1 N–H and O–H groups in total. The van der Waals surface area contributed by atoms with Gasteiger partial charge in [-0.2, -0.15) is 0 Å². The van der Waals surface area contributed by atoms with E-state index in [9.17, 15) is 14.4 Å². The Bertz CT molecular complexity index is 942. The van der Waals surface area contributed by atoms with Gasteiger partial charge in [-0.05, 0) is 49.2 Å². The van der Waals surface area contributed by atoms with Crippen molar-refractivity contribution in [2.45, 2.75) is 12.8 Å². The fraction of sp³-hybridized carbons (Fsp3) is 0.211. The van der Waals surface area contributed by atoms with Crippen molar-refractivity contribution in [3.05, 3.63) is 52.8 Å². The predicted molar refractivity (Wildman–Crippen MR) is 101 cm³/mol. The van der Waals surface area contributed by atoms with Gasteiger partial charge in [-0.3, -0.25) is 14.9 Å². The van der Waals surface area contributed by atoms with Gasteiger partial charge in [0.15, 0.2) is 5.88 Å². The molecule has 0 bridgehead atoms. The molecule has 0 saturated carbocycles.